The fourth-order valence-corrected chi connectivity index (χ4v) is 1.74. The Balaban J connectivity index is 3.08. The first-order valence-electron chi connectivity index (χ1n) is 5.59. The molecule has 0 aromatic carbocycles. The smallest absolute Gasteiger partial charge is 0.332 e. The number of aromatic nitrogens is 2. The maximum atomic E-state index is 11.3. The van der Waals surface area contributed by atoms with Gasteiger partial charge in [-0.05, 0) is 13.3 Å². The number of rotatable bonds is 7. The number of carboxylic acids is 1. The lowest BCUT2D eigenvalue weighted by molar-refractivity contribution is -0.146. The Morgan fingerprint density at radius 2 is 2.35 bits per heavy atom. The standard InChI is InChI=1S/C11H17N3O3/c1-3-5-14-7-12-6-9(14)10(11(16)17)13(4-2)8-15/h6-8,10H,3-5H2,1-2H3,(H,16,17). The van der Waals surface area contributed by atoms with Gasteiger partial charge >= 0.3 is 5.97 Å². The van der Waals surface area contributed by atoms with Crippen LogP contribution in [-0.4, -0.2) is 38.5 Å². The molecule has 0 aliphatic carbocycles. The van der Waals surface area contributed by atoms with E-state index in [1.165, 1.54) is 11.1 Å². The lowest BCUT2D eigenvalue weighted by Gasteiger charge is -2.24. The van der Waals surface area contributed by atoms with Crippen molar-refractivity contribution in [3.05, 3.63) is 18.2 Å². The Morgan fingerprint density at radius 3 is 2.82 bits per heavy atom. The van der Waals surface area contributed by atoms with Gasteiger partial charge in [0.2, 0.25) is 6.41 Å². The summed E-state index contributed by atoms with van der Waals surface area (Å²) in [4.78, 5) is 27.3. The summed E-state index contributed by atoms with van der Waals surface area (Å²) in [6.45, 7) is 4.77. The predicted octanol–water partition coefficient (Wildman–Crippen LogP) is 0.897. The molecule has 0 aliphatic rings. The zero-order chi connectivity index (χ0) is 12.8. The molecule has 1 aromatic rings. The monoisotopic (exact) mass is 239 g/mol. The molecule has 0 radical (unpaired) electrons. The van der Waals surface area contributed by atoms with Gasteiger partial charge in [-0.2, -0.15) is 0 Å². The Kier molecular flexibility index (Phi) is 4.68. The van der Waals surface area contributed by atoms with Crippen LogP contribution in [0.3, 0.4) is 0 Å². The third kappa shape index (κ3) is 2.83. The second kappa shape index (κ2) is 6.03. The van der Waals surface area contributed by atoms with E-state index in [9.17, 15) is 14.7 Å². The van der Waals surface area contributed by atoms with Gasteiger partial charge in [-0.15, -0.1) is 0 Å². The molecule has 0 saturated carbocycles. The van der Waals surface area contributed by atoms with Crippen molar-refractivity contribution in [2.45, 2.75) is 32.9 Å². The molecule has 1 heterocycles. The molecule has 1 N–H and O–H groups in total. The fourth-order valence-electron chi connectivity index (χ4n) is 1.74. The molecule has 1 rings (SSSR count). The summed E-state index contributed by atoms with van der Waals surface area (Å²) in [6.07, 6.45) is 4.53. The van der Waals surface area contributed by atoms with Crippen molar-refractivity contribution in [2.75, 3.05) is 6.54 Å². The predicted molar refractivity (Wildman–Crippen MR) is 61.3 cm³/mol. The molecule has 0 fully saturated rings. The summed E-state index contributed by atoms with van der Waals surface area (Å²) in [5.41, 5.74) is 0.535. The van der Waals surface area contributed by atoms with E-state index >= 15 is 0 Å². The number of imidazole rings is 1. The summed E-state index contributed by atoms with van der Waals surface area (Å²) in [7, 11) is 0. The number of likely N-dealkylation sites (N-methyl/N-ethyl adjacent to an activating group) is 1. The number of aliphatic carboxylic acids is 1. The topological polar surface area (TPSA) is 75.4 Å². The Labute approximate surface area is 99.9 Å². The van der Waals surface area contributed by atoms with Gasteiger partial charge in [0.25, 0.3) is 0 Å². The molecular formula is C11H17N3O3. The SMILES string of the molecule is CCCn1cncc1C(C(=O)O)N(C=O)CC. The zero-order valence-corrected chi connectivity index (χ0v) is 10.0. The number of carboxylic acid groups (broad SMARTS) is 1. The van der Waals surface area contributed by atoms with Gasteiger partial charge in [0, 0.05) is 13.1 Å². The molecule has 1 amide bonds. The largest absolute Gasteiger partial charge is 0.479 e. The molecule has 0 aliphatic heterocycles. The third-order valence-corrected chi connectivity index (χ3v) is 2.56. The van der Waals surface area contributed by atoms with Crippen molar-refractivity contribution in [3.63, 3.8) is 0 Å². The van der Waals surface area contributed by atoms with E-state index < -0.39 is 12.0 Å². The zero-order valence-electron chi connectivity index (χ0n) is 10.0. The van der Waals surface area contributed by atoms with Crippen LogP contribution >= 0.6 is 0 Å². The first-order valence-corrected chi connectivity index (χ1v) is 5.59. The van der Waals surface area contributed by atoms with E-state index in [1.54, 1.807) is 17.8 Å². The van der Waals surface area contributed by atoms with Crippen LogP contribution in [0.1, 0.15) is 32.0 Å². The molecule has 6 heteroatoms. The lowest BCUT2D eigenvalue weighted by atomic mass is 10.2. The quantitative estimate of drug-likeness (QED) is 0.717. The van der Waals surface area contributed by atoms with Crippen molar-refractivity contribution >= 4 is 12.4 Å². The van der Waals surface area contributed by atoms with E-state index in [-0.39, 0.29) is 0 Å². The van der Waals surface area contributed by atoms with E-state index in [2.05, 4.69) is 4.98 Å². The van der Waals surface area contributed by atoms with Gasteiger partial charge in [0.05, 0.1) is 18.2 Å². The summed E-state index contributed by atoms with van der Waals surface area (Å²) >= 11 is 0. The van der Waals surface area contributed by atoms with Crippen molar-refractivity contribution in [1.82, 2.24) is 14.5 Å². The van der Waals surface area contributed by atoms with Crippen LogP contribution in [-0.2, 0) is 16.1 Å². The number of nitrogens with zero attached hydrogens (tertiary/aromatic N) is 3. The van der Waals surface area contributed by atoms with E-state index in [0.29, 0.717) is 25.2 Å². The molecule has 1 aromatic heterocycles. The molecule has 1 unspecified atom stereocenters. The van der Waals surface area contributed by atoms with Gasteiger partial charge in [-0.3, -0.25) is 4.79 Å². The number of aryl methyl sites for hydroxylation is 1. The summed E-state index contributed by atoms with van der Waals surface area (Å²) in [5.74, 6) is -1.04. The number of amides is 1. The van der Waals surface area contributed by atoms with Gasteiger partial charge in [0.1, 0.15) is 0 Å². The number of carbonyl (C=O) groups excluding carboxylic acids is 1. The summed E-state index contributed by atoms with van der Waals surface area (Å²) in [6, 6.07) is -0.966. The molecular weight excluding hydrogens is 222 g/mol. The average Bonchev–Trinajstić information content (AvgIpc) is 2.73. The van der Waals surface area contributed by atoms with Gasteiger partial charge in [-0.1, -0.05) is 6.92 Å². The number of hydrogen-bond donors (Lipinski definition) is 1. The van der Waals surface area contributed by atoms with Crippen LogP contribution in [0.5, 0.6) is 0 Å². The summed E-state index contributed by atoms with van der Waals surface area (Å²) in [5, 5.41) is 9.23. The fraction of sp³-hybridized carbons (Fsp3) is 0.545. The van der Waals surface area contributed by atoms with Crippen LogP contribution in [0.4, 0.5) is 0 Å². The average molecular weight is 239 g/mol. The first-order chi connectivity index (χ1) is 8.15. The second-order valence-electron chi connectivity index (χ2n) is 3.69. The highest BCUT2D eigenvalue weighted by Crippen LogP contribution is 2.19. The maximum absolute atomic E-state index is 11.3. The number of carbonyl (C=O) groups is 2. The first kappa shape index (κ1) is 13.2. The Hall–Kier alpha value is -1.85. The van der Waals surface area contributed by atoms with Crippen molar-refractivity contribution in [1.29, 1.82) is 0 Å². The highest BCUT2D eigenvalue weighted by molar-refractivity contribution is 5.77. The molecule has 17 heavy (non-hydrogen) atoms. The minimum atomic E-state index is -1.04. The van der Waals surface area contributed by atoms with Crippen molar-refractivity contribution in [3.8, 4) is 0 Å². The maximum Gasteiger partial charge on any atom is 0.332 e. The molecule has 94 valence electrons. The Bertz CT molecular complexity index is 389. The van der Waals surface area contributed by atoms with Crippen LogP contribution in [0.2, 0.25) is 0 Å². The van der Waals surface area contributed by atoms with Gasteiger partial charge < -0.3 is 14.6 Å². The van der Waals surface area contributed by atoms with E-state index in [4.69, 9.17) is 0 Å². The third-order valence-electron chi connectivity index (χ3n) is 2.56. The number of hydrogen-bond acceptors (Lipinski definition) is 3. The van der Waals surface area contributed by atoms with Crippen LogP contribution in [0.15, 0.2) is 12.5 Å². The molecule has 0 bridgehead atoms. The van der Waals surface area contributed by atoms with E-state index in [1.807, 2.05) is 6.92 Å². The van der Waals surface area contributed by atoms with Crippen molar-refractivity contribution < 1.29 is 14.7 Å². The summed E-state index contributed by atoms with van der Waals surface area (Å²) < 4.78 is 1.77. The van der Waals surface area contributed by atoms with Crippen LogP contribution < -0.4 is 0 Å². The van der Waals surface area contributed by atoms with Gasteiger partial charge in [0.15, 0.2) is 6.04 Å². The molecule has 6 nitrogen and oxygen atoms in total. The van der Waals surface area contributed by atoms with Gasteiger partial charge in [-0.25, -0.2) is 9.78 Å². The minimum absolute atomic E-state index is 0.345. The molecule has 0 spiro atoms. The highest BCUT2D eigenvalue weighted by atomic mass is 16.4. The molecule has 1 atom stereocenters. The second-order valence-corrected chi connectivity index (χ2v) is 3.69. The van der Waals surface area contributed by atoms with Crippen molar-refractivity contribution in [2.24, 2.45) is 0 Å². The Morgan fingerprint density at radius 1 is 1.65 bits per heavy atom. The molecule has 0 saturated heterocycles. The van der Waals surface area contributed by atoms with Crippen LogP contribution in [0.25, 0.3) is 0 Å². The lowest BCUT2D eigenvalue weighted by Crippen LogP contribution is -2.34. The van der Waals surface area contributed by atoms with E-state index in [0.717, 1.165) is 6.42 Å². The van der Waals surface area contributed by atoms with Crippen LogP contribution in [0, 0.1) is 0 Å². The highest BCUT2D eigenvalue weighted by Gasteiger charge is 2.28. The normalized spacial score (nSPS) is 12.1. The minimum Gasteiger partial charge on any atom is -0.479 e.